The lowest BCUT2D eigenvalue weighted by Crippen LogP contribution is -2.24. The second-order valence-corrected chi connectivity index (χ2v) is 7.29. The summed E-state index contributed by atoms with van der Waals surface area (Å²) in [7, 11) is 1.60. The van der Waals surface area contributed by atoms with Crippen molar-refractivity contribution < 1.29 is 14.3 Å². The Morgan fingerprint density at radius 1 is 1.00 bits per heavy atom. The quantitative estimate of drug-likeness (QED) is 0.349. The van der Waals surface area contributed by atoms with Crippen molar-refractivity contribution in [3.63, 3.8) is 0 Å². The molecule has 1 amide bonds. The third kappa shape index (κ3) is 3.67. The van der Waals surface area contributed by atoms with Gasteiger partial charge < -0.3 is 14.5 Å². The first-order valence-corrected chi connectivity index (χ1v) is 9.72. The van der Waals surface area contributed by atoms with Gasteiger partial charge in [-0.15, -0.1) is 0 Å². The minimum atomic E-state index is -0.728. The Morgan fingerprint density at radius 3 is 2.47 bits per heavy atom. The van der Waals surface area contributed by atoms with E-state index in [4.69, 9.17) is 16.3 Å². The molecule has 0 spiro atoms. The minimum Gasteiger partial charge on any atom is -0.497 e. The first-order chi connectivity index (χ1) is 14.5. The summed E-state index contributed by atoms with van der Waals surface area (Å²) in [5, 5.41) is 3.17. The van der Waals surface area contributed by atoms with Crippen LogP contribution in [0.3, 0.4) is 0 Å². The monoisotopic (exact) mass is 418 g/mol. The van der Waals surface area contributed by atoms with Crippen molar-refractivity contribution in [1.82, 2.24) is 4.40 Å². The molecule has 2 aromatic carbocycles. The first-order valence-electron chi connectivity index (χ1n) is 9.34. The minimum absolute atomic E-state index is 0.298. The summed E-state index contributed by atoms with van der Waals surface area (Å²) in [6, 6.07) is 20.0. The summed E-state index contributed by atoms with van der Waals surface area (Å²) >= 11 is 6.13. The summed E-state index contributed by atoms with van der Waals surface area (Å²) in [5.41, 5.74) is 3.96. The fourth-order valence-electron chi connectivity index (χ4n) is 3.31. The molecule has 0 bridgehead atoms. The lowest BCUT2D eigenvalue weighted by Gasteiger charge is -2.09. The smallest absolute Gasteiger partial charge is 0.298 e. The van der Waals surface area contributed by atoms with Gasteiger partial charge >= 0.3 is 0 Å². The number of aromatic nitrogens is 1. The van der Waals surface area contributed by atoms with Crippen molar-refractivity contribution in [2.75, 3.05) is 12.4 Å². The van der Waals surface area contributed by atoms with E-state index in [1.54, 1.807) is 35.9 Å². The van der Waals surface area contributed by atoms with Gasteiger partial charge in [0.15, 0.2) is 0 Å². The number of carbonyl (C=O) groups excluding carboxylic acids is 2. The van der Waals surface area contributed by atoms with Gasteiger partial charge in [-0.2, -0.15) is 0 Å². The van der Waals surface area contributed by atoms with Gasteiger partial charge in [0.05, 0.1) is 7.11 Å². The number of aryl methyl sites for hydroxylation is 1. The number of amides is 1. The van der Waals surface area contributed by atoms with Crippen LogP contribution in [0.5, 0.6) is 5.75 Å². The van der Waals surface area contributed by atoms with Gasteiger partial charge in [0.2, 0.25) is 0 Å². The highest BCUT2D eigenvalue weighted by molar-refractivity contribution is 6.47. The number of benzene rings is 2. The molecular formula is C24H19ClN2O3. The predicted octanol–water partition coefficient (Wildman–Crippen LogP) is 5.40. The third-order valence-electron chi connectivity index (χ3n) is 4.93. The number of ether oxygens (including phenoxy) is 1. The largest absolute Gasteiger partial charge is 0.497 e. The molecule has 0 atom stereocenters. The number of nitrogens with zero attached hydrogens (tertiary/aromatic N) is 1. The number of Topliss-reactive ketones (excluding diaryl/α,β-unsaturated/α-hetero) is 1. The maximum Gasteiger partial charge on any atom is 0.298 e. The van der Waals surface area contributed by atoms with Crippen LogP contribution in [-0.2, 0) is 4.79 Å². The lowest BCUT2D eigenvalue weighted by atomic mass is 10.0. The van der Waals surface area contributed by atoms with Crippen molar-refractivity contribution in [3.8, 4) is 16.9 Å². The number of ketones is 1. The summed E-state index contributed by atoms with van der Waals surface area (Å²) in [4.78, 5) is 26.0. The zero-order valence-electron chi connectivity index (χ0n) is 16.5. The topological polar surface area (TPSA) is 59.8 Å². The summed E-state index contributed by atoms with van der Waals surface area (Å²) in [5.74, 6) is -0.651. The van der Waals surface area contributed by atoms with E-state index in [1.165, 1.54) is 0 Å². The molecule has 150 valence electrons. The van der Waals surface area contributed by atoms with Crippen LogP contribution in [0, 0.1) is 6.92 Å². The second kappa shape index (κ2) is 8.05. The number of anilines is 1. The number of fused-ring (bicyclic) bond motifs is 1. The number of carbonyl (C=O) groups is 2. The zero-order chi connectivity index (χ0) is 21.3. The van der Waals surface area contributed by atoms with Crippen LogP contribution in [0.25, 0.3) is 16.6 Å². The average molecular weight is 419 g/mol. The molecule has 0 aliphatic carbocycles. The molecule has 1 N–H and O–H groups in total. The highest BCUT2D eigenvalue weighted by atomic mass is 35.5. The normalized spacial score (nSPS) is 10.8. The van der Waals surface area contributed by atoms with E-state index in [0.29, 0.717) is 27.7 Å². The fourth-order valence-corrected chi connectivity index (χ4v) is 3.49. The van der Waals surface area contributed by atoms with Crippen molar-refractivity contribution in [1.29, 1.82) is 0 Å². The Hall–Kier alpha value is -3.57. The van der Waals surface area contributed by atoms with Crippen LogP contribution < -0.4 is 10.1 Å². The second-order valence-electron chi connectivity index (χ2n) is 6.88. The van der Waals surface area contributed by atoms with Crippen LogP contribution in [-0.4, -0.2) is 23.2 Å². The van der Waals surface area contributed by atoms with Crippen LogP contribution >= 0.6 is 11.6 Å². The van der Waals surface area contributed by atoms with Gasteiger partial charge in [-0.05, 0) is 60.5 Å². The standard InChI is InChI=1S/C24H19ClN2O3/c1-15-6-9-17(13-21(15)25)26-24(29)23(28)22-20(14-18-5-3-4-12-27(18)22)16-7-10-19(30-2)11-8-16/h3-14H,1-2H3,(H,26,29). The fraction of sp³-hybridized carbons (Fsp3) is 0.0833. The van der Waals surface area contributed by atoms with Gasteiger partial charge in [0.1, 0.15) is 11.4 Å². The van der Waals surface area contributed by atoms with E-state index in [1.807, 2.05) is 55.5 Å². The van der Waals surface area contributed by atoms with E-state index in [9.17, 15) is 9.59 Å². The van der Waals surface area contributed by atoms with Gasteiger partial charge in [0.25, 0.3) is 11.7 Å². The molecule has 2 aromatic heterocycles. The average Bonchev–Trinajstić information content (AvgIpc) is 3.15. The van der Waals surface area contributed by atoms with E-state index in [2.05, 4.69) is 5.32 Å². The van der Waals surface area contributed by atoms with E-state index in [0.717, 1.165) is 16.6 Å². The van der Waals surface area contributed by atoms with Gasteiger partial charge in [-0.3, -0.25) is 9.59 Å². The van der Waals surface area contributed by atoms with Crippen LogP contribution in [0.4, 0.5) is 5.69 Å². The number of nitrogens with one attached hydrogen (secondary N) is 1. The molecule has 0 aliphatic heterocycles. The molecule has 6 heteroatoms. The predicted molar refractivity (Wildman–Crippen MR) is 119 cm³/mol. The number of rotatable bonds is 5. The Kier molecular flexibility index (Phi) is 5.29. The molecule has 0 saturated heterocycles. The molecule has 2 heterocycles. The van der Waals surface area contributed by atoms with Crippen LogP contribution in [0.1, 0.15) is 16.1 Å². The zero-order valence-corrected chi connectivity index (χ0v) is 17.2. The number of hydrogen-bond acceptors (Lipinski definition) is 3. The van der Waals surface area contributed by atoms with Crippen LogP contribution in [0.2, 0.25) is 5.02 Å². The Balaban J connectivity index is 1.75. The molecular weight excluding hydrogens is 400 g/mol. The van der Waals surface area contributed by atoms with E-state index >= 15 is 0 Å². The van der Waals surface area contributed by atoms with Crippen molar-refractivity contribution in [3.05, 3.63) is 89.2 Å². The van der Waals surface area contributed by atoms with Gasteiger partial charge in [-0.25, -0.2) is 0 Å². The lowest BCUT2D eigenvalue weighted by molar-refractivity contribution is -0.112. The van der Waals surface area contributed by atoms with Crippen LogP contribution in [0.15, 0.2) is 72.9 Å². The first kappa shape index (κ1) is 19.7. The number of methoxy groups -OCH3 is 1. The maximum atomic E-state index is 13.2. The van der Waals surface area contributed by atoms with Gasteiger partial charge in [0, 0.05) is 28.0 Å². The summed E-state index contributed by atoms with van der Waals surface area (Å²) < 4.78 is 6.94. The molecule has 4 aromatic rings. The maximum absolute atomic E-state index is 13.2. The molecule has 0 aliphatic rings. The molecule has 0 radical (unpaired) electrons. The van der Waals surface area contributed by atoms with Crippen molar-refractivity contribution >= 4 is 34.5 Å². The number of pyridine rings is 1. The van der Waals surface area contributed by atoms with Crippen molar-refractivity contribution in [2.24, 2.45) is 0 Å². The number of halogens is 1. The third-order valence-corrected chi connectivity index (χ3v) is 5.34. The Morgan fingerprint density at radius 2 is 1.77 bits per heavy atom. The molecule has 0 fully saturated rings. The van der Waals surface area contributed by atoms with Gasteiger partial charge in [-0.1, -0.05) is 35.9 Å². The highest BCUT2D eigenvalue weighted by Crippen LogP contribution is 2.30. The molecule has 4 rings (SSSR count). The molecule has 0 unspecified atom stereocenters. The highest BCUT2D eigenvalue weighted by Gasteiger charge is 2.25. The Bertz CT molecular complexity index is 1260. The summed E-state index contributed by atoms with van der Waals surface area (Å²) in [6.45, 7) is 1.87. The summed E-state index contributed by atoms with van der Waals surface area (Å²) in [6.07, 6.45) is 1.77. The van der Waals surface area contributed by atoms with E-state index < -0.39 is 11.7 Å². The molecule has 0 saturated carbocycles. The van der Waals surface area contributed by atoms with Crippen molar-refractivity contribution in [2.45, 2.75) is 6.92 Å². The SMILES string of the molecule is COc1ccc(-c2cc3ccccn3c2C(=O)C(=O)Nc2ccc(C)c(Cl)c2)cc1. The molecule has 30 heavy (non-hydrogen) atoms. The Labute approximate surface area is 178 Å². The number of hydrogen-bond donors (Lipinski definition) is 1. The molecule has 5 nitrogen and oxygen atoms in total. The van der Waals surface area contributed by atoms with E-state index in [-0.39, 0.29) is 0 Å².